The summed E-state index contributed by atoms with van der Waals surface area (Å²) in [5, 5.41) is 3.49. The highest BCUT2D eigenvalue weighted by molar-refractivity contribution is 5.37. The molecule has 0 bridgehead atoms. The Labute approximate surface area is 122 Å². The highest BCUT2D eigenvalue weighted by atomic mass is 16.5. The SMILES string of the molecule is CN(C)CCOCCNCC1CCOc2ccccc21. The second-order valence-electron chi connectivity index (χ2n) is 5.49. The van der Waals surface area contributed by atoms with Gasteiger partial charge in [0.2, 0.25) is 0 Å². The molecule has 0 fully saturated rings. The van der Waals surface area contributed by atoms with Crippen LogP contribution in [0.3, 0.4) is 0 Å². The van der Waals surface area contributed by atoms with E-state index in [0.717, 1.165) is 51.6 Å². The highest BCUT2D eigenvalue weighted by Crippen LogP contribution is 2.32. The Bertz CT molecular complexity index is 396. The maximum absolute atomic E-state index is 5.68. The van der Waals surface area contributed by atoms with Crippen LogP contribution in [0.15, 0.2) is 24.3 Å². The Balaban J connectivity index is 1.63. The van der Waals surface area contributed by atoms with Gasteiger partial charge in [-0.15, -0.1) is 0 Å². The van der Waals surface area contributed by atoms with Gasteiger partial charge >= 0.3 is 0 Å². The van der Waals surface area contributed by atoms with Gasteiger partial charge < -0.3 is 19.7 Å². The number of nitrogens with zero attached hydrogens (tertiary/aromatic N) is 1. The third kappa shape index (κ3) is 4.78. The zero-order valence-corrected chi connectivity index (χ0v) is 12.6. The van der Waals surface area contributed by atoms with Gasteiger partial charge in [-0.2, -0.15) is 0 Å². The number of benzene rings is 1. The molecule has 0 aromatic heterocycles. The molecule has 4 nitrogen and oxygen atoms in total. The number of rotatable bonds is 8. The number of hydrogen-bond acceptors (Lipinski definition) is 4. The van der Waals surface area contributed by atoms with Crippen molar-refractivity contribution in [2.75, 3.05) is 53.6 Å². The van der Waals surface area contributed by atoms with Gasteiger partial charge in [0.1, 0.15) is 5.75 Å². The van der Waals surface area contributed by atoms with Crippen LogP contribution < -0.4 is 10.1 Å². The van der Waals surface area contributed by atoms with Crippen molar-refractivity contribution in [3.63, 3.8) is 0 Å². The lowest BCUT2D eigenvalue weighted by atomic mass is 9.93. The van der Waals surface area contributed by atoms with E-state index in [1.807, 2.05) is 6.07 Å². The molecule has 1 aromatic rings. The van der Waals surface area contributed by atoms with Gasteiger partial charge in [-0.25, -0.2) is 0 Å². The number of para-hydroxylation sites is 1. The van der Waals surface area contributed by atoms with Crippen molar-refractivity contribution in [2.45, 2.75) is 12.3 Å². The van der Waals surface area contributed by atoms with Gasteiger partial charge in [-0.1, -0.05) is 18.2 Å². The van der Waals surface area contributed by atoms with Gasteiger partial charge in [0.05, 0.1) is 19.8 Å². The third-order valence-corrected chi connectivity index (χ3v) is 3.58. The number of nitrogens with one attached hydrogen (secondary N) is 1. The quantitative estimate of drug-likeness (QED) is 0.734. The van der Waals surface area contributed by atoms with Crippen LogP contribution in [-0.2, 0) is 4.74 Å². The predicted octanol–water partition coefficient (Wildman–Crippen LogP) is 1.72. The minimum absolute atomic E-state index is 0.557. The van der Waals surface area contributed by atoms with Crippen LogP contribution >= 0.6 is 0 Å². The van der Waals surface area contributed by atoms with E-state index in [0.29, 0.717) is 5.92 Å². The fourth-order valence-corrected chi connectivity index (χ4v) is 2.40. The smallest absolute Gasteiger partial charge is 0.122 e. The van der Waals surface area contributed by atoms with E-state index in [1.54, 1.807) is 0 Å². The molecule has 20 heavy (non-hydrogen) atoms. The monoisotopic (exact) mass is 278 g/mol. The largest absolute Gasteiger partial charge is 0.493 e. The molecule has 0 aliphatic carbocycles. The lowest BCUT2D eigenvalue weighted by Crippen LogP contribution is -2.29. The average Bonchev–Trinajstić information content (AvgIpc) is 2.46. The maximum atomic E-state index is 5.68. The van der Waals surface area contributed by atoms with E-state index in [4.69, 9.17) is 9.47 Å². The van der Waals surface area contributed by atoms with Crippen molar-refractivity contribution in [3.8, 4) is 5.75 Å². The summed E-state index contributed by atoms with van der Waals surface area (Å²) in [6.07, 6.45) is 1.09. The molecule has 1 N–H and O–H groups in total. The number of fused-ring (bicyclic) bond motifs is 1. The van der Waals surface area contributed by atoms with E-state index in [-0.39, 0.29) is 0 Å². The van der Waals surface area contributed by atoms with Crippen molar-refractivity contribution < 1.29 is 9.47 Å². The Morgan fingerprint density at radius 2 is 2.15 bits per heavy atom. The molecule has 1 aliphatic rings. The first-order valence-corrected chi connectivity index (χ1v) is 7.42. The molecule has 0 amide bonds. The van der Waals surface area contributed by atoms with E-state index in [2.05, 4.69) is 42.5 Å². The van der Waals surface area contributed by atoms with E-state index in [1.165, 1.54) is 5.56 Å². The van der Waals surface area contributed by atoms with Crippen LogP contribution in [0.1, 0.15) is 17.9 Å². The molecule has 2 rings (SSSR count). The lowest BCUT2D eigenvalue weighted by Gasteiger charge is -2.26. The molecule has 1 atom stereocenters. The fraction of sp³-hybridized carbons (Fsp3) is 0.625. The third-order valence-electron chi connectivity index (χ3n) is 3.58. The zero-order valence-electron chi connectivity index (χ0n) is 12.6. The van der Waals surface area contributed by atoms with Crippen molar-refractivity contribution in [1.29, 1.82) is 0 Å². The van der Waals surface area contributed by atoms with Crippen molar-refractivity contribution in [2.24, 2.45) is 0 Å². The first kappa shape index (κ1) is 15.3. The summed E-state index contributed by atoms with van der Waals surface area (Å²) in [6, 6.07) is 8.36. The molecule has 1 heterocycles. The van der Waals surface area contributed by atoms with Crippen LogP contribution in [0.4, 0.5) is 0 Å². The summed E-state index contributed by atoms with van der Waals surface area (Å²) < 4.78 is 11.3. The zero-order chi connectivity index (χ0) is 14.2. The van der Waals surface area contributed by atoms with Crippen molar-refractivity contribution in [1.82, 2.24) is 10.2 Å². The molecular formula is C16H26N2O2. The second kappa shape index (κ2) is 8.25. The van der Waals surface area contributed by atoms with Gasteiger partial charge in [-0.3, -0.25) is 0 Å². The van der Waals surface area contributed by atoms with Gasteiger partial charge in [0.25, 0.3) is 0 Å². The molecule has 0 spiro atoms. The summed E-state index contributed by atoms with van der Waals surface area (Å²) in [5.74, 6) is 1.61. The van der Waals surface area contributed by atoms with Crippen LogP contribution in [0.5, 0.6) is 5.75 Å². The normalized spacial score (nSPS) is 17.9. The molecule has 0 radical (unpaired) electrons. The van der Waals surface area contributed by atoms with Crippen LogP contribution in [0.25, 0.3) is 0 Å². The highest BCUT2D eigenvalue weighted by Gasteiger charge is 2.20. The molecule has 4 heteroatoms. The fourth-order valence-electron chi connectivity index (χ4n) is 2.40. The number of ether oxygens (including phenoxy) is 2. The summed E-state index contributed by atoms with van der Waals surface area (Å²) >= 11 is 0. The number of hydrogen-bond donors (Lipinski definition) is 1. The minimum Gasteiger partial charge on any atom is -0.493 e. The first-order valence-electron chi connectivity index (χ1n) is 7.42. The van der Waals surface area contributed by atoms with E-state index < -0.39 is 0 Å². The molecular weight excluding hydrogens is 252 g/mol. The molecule has 1 aliphatic heterocycles. The van der Waals surface area contributed by atoms with Gasteiger partial charge in [0.15, 0.2) is 0 Å². The van der Waals surface area contributed by atoms with Gasteiger partial charge in [0, 0.05) is 25.6 Å². The first-order chi connectivity index (χ1) is 9.77. The Hall–Kier alpha value is -1.10. The van der Waals surface area contributed by atoms with E-state index >= 15 is 0 Å². The van der Waals surface area contributed by atoms with Crippen molar-refractivity contribution in [3.05, 3.63) is 29.8 Å². The lowest BCUT2D eigenvalue weighted by molar-refractivity contribution is 0.119. The molecule has 1 unspecified atom stereocenters. The summed E-state index contributed by atoms with van der Waals surface area (Å²) in [6.45, 7) is 5.29. The van der Waals surface area contributed by atoms with Crippen LogP contribution in [0, 0.1) is 0 Å². The minimum atomic E-state index is 0.557. The number of likely N-dealkylation sites (N-methyl/N-ethyl adjacent to an activating group) is 1. The summed E-state index contributed by atoms with van der Waals surface area (Å²) in [7, 11) is 4.12. The predicted molar refractivity (Wildman–Crippen MR) is 81.5 cm³/mol. The Morgan fingerprint density at radius 1 is 1.30 bits per heavy atom. The second-order valence-corrected chi connectivity index (χ2v) is 5.49. The topological polar surface area (TPSA) is 33.7 Å². The molecule has 0 saturated heterocycles. The standard InChI is InChI=1S/C16H26N2O2/c1-18(2)9-12-19-11-8-17-13-14-7-10-20-16-6-4-3-5-15(14)16/h3-6,14,17H,7-13H2,1-2H3. The van der Waals surface area contributed by atoms with E-state index in [9.17, 15) is 0 Å². The maximum Gasteiger partial charge on any atom is 0.122 e. The molecule has 1 aromatic carbocycles. The summed E-state index contributed by atoms with van der Waals surface area (Å²) in [4.78, 5) is 2.13. The summed E-state index contributed by atoms with van der Waals surface area (Å²) in [5.41, 5.74) is 1.33. The molecule has 112 valence electrons. The van der Waals surface area contributed by atoms with Crippen LogP contribution in [-0.4, -0.2) is 58.5 Å². The van der Waals surface area contributed by atoms with Crippen molar-refractivity contribution >= 4 is 0 Å². The Kier molecular flexibility index (Phi) is 6.30. The Morgan fingerprint density at radius 3 is 3.00 bits per heavy atom. The molecule has 0 saturated carbocycles. The van der Waals surface area contributed by atoms with Crippen LogP contribution in [0.2, 0.25) is 0 Å². The van der Waals surface area contributed by atoms with Gasteiger partial charge in [-0.05, 0) is 32.1 Å². The average molecular weight is 278 g/mol.